The molecule has 1 amide bonds. The van der Waals surface area contributed by atoms with Gasteiger partial charge >= 0.3 is 0 Å². The highest BCUT2D eigenvalue weighted by molar-refractivity contribution is 6.31. The Balaban J connectivity index is 1.52. The number of halogens is 1. The molecule has 3 aliphatic rings. The smallest absolute Gasteiger partial charge is 0.238 e. The number of aryl methyl sites for hydroxylation is 1. The van der Waals surface area contributed by atoms with E-state index in [1.807, 2.05) is 77.7 Å². The molecule has 1 N–H and O–H groups in total. The van der Waals surface area contributed by atoms with E-state index in [-0.39, 0.29) is 17.5 Å². The lowest BCUT2D eigenvalue weighted by atomic mass is 9.64. The van der Waals surface area contributed by atoms with Gasteiger partial charge in [0.25, 0.3) is 0 Å². The van der Waals surface area contributed by atoms with E-state index in [4.69, 9.17) is 11.6 Å². The summed E-state index contributed by atoms with van der Waals surface area (Å²) in [6.07, 6.45) is 8.29. The molecule has 39 heavy (non-hydrogen) atoms. The van der Waals surface area contributed by atoms with Crippen molar-refractivity contribution >= 4 is 46.5 Å². The van der Waals surface area contributed by atoms with Crippen LogP contribution in [0, 0.1) is 5.92 Å². The number of nitrogens with zero attached hydrogens (tertiary/aromatic N) is 1. The SMILES string of the molecule is CCCCCc1ccc(C(=O)[C@H]2[C@@H](C(C)=O)N3c4ccc(Cl)cc4C=CC3[C@]23C(=O)Nc2ccccc23)cc1. The first kappa shape index (κ1) is 25.6. The molecule has 6 rings (SSSR count). The summed E-state index contributed by atoms with van der Waals surface area (Å²) in [6, 6.07) is 19.4. The van der Waals surface area contributed by atoms with Gasteiger partial charge in [0.2, 0.25) is 5.91 Å². The lowest BCUT2D eigenvalue weighted by Gasteiger charge is -2.37. The average Bonchev–Trinajstić information content (AvgIpc) is 3.41. The number of nitrogens with one attached hydrogen (secondary N) is 1. The van der Waals surface area contributed by atoms with Crippen LogP contribution in [-0.4, -0.2) is 29.6 Å². The van der Waals surface area contributed by atoms with Gasteiger partial charge in [-0.2, -0.15) is 0 Å². The second-order valence-electron chi connectivity index (χ2n) is 10.8. The number of carbonyl (C=O) groups is 3. The third kappa shape index (κ3) is 3.86. The Kier molecular flexibility index (Phi) is 6.43. The van der Waals surface area contributed by atoms with Gasteiger partial charge in [-0.25, -0.2) is 0 Å². The van der Waals surface area contributed by atoms with E-state index in [1.165, 1.54) is 12.5 Å². The van der Waals surface area contributed by atoms with Crippen LogP contribution in [0.3, 0.4) is 0 Å². The van der Waals surface area contributed by atoms with Crippen molar-refractivity contribution in [2.75, 3.05) is 10.2 Å². The van der Waals surface area contributed by atoms with Gasteiger partial charge in [0, 0.05) is 22.0 Å². The second kappa shape index (κ2) is 9.80. The van der Waals surface area contributed by atoms with Crippen molar-refractivity contribution in [1.82, 2.24) is 0 Å². The molecular weight excluding hydrogens is 508 g/mol. The summed E-state index contributed by atoms with van der Waals surface area (Å²) >= 11 is 6.30. The highest BCUT2D eigenvalue weighted by Gasteiger charge is 2.69. The molecule has 0 aromatic heterocycles. The number of Topliss-reactive ketones (excluding diaryl/α,β-unsaturated/α-hetero) is 2. The molecule has 198 valence electrons. The van der Waals surface area contributed by atoms with E-state index in [2.05, 4.69) is 12.2 Å². The van der Waals surface area contributed by atoms with Gasteiger partial charge in [-0.3, -0.25) is 14.4 Å². The van der Waals surface area contributed by atoms with E-state index in [1.54, 1.807) is 6.07 Å². The number of anilines is 2. The summed E-state index contributed by atoms with van der Waals surface area (Å²) in [4.78, 5) is 44.2. The van der Waals surface area contributed by atoms with Crippen molar-refractivity contribution < 1.29 is 14.4 Å². The second-order valence-corrected chi connectivity index (χ2v) is 11.3. The molecule has 1 unspecified atom stereocenters. The Morgan fingerprint density at radius 1 is 1.03 bits per heavy atom. The normalized spacial score (nSPS) is 24.3. The summed E-state index contributed by atoms with van der Waals surface area (Å²) < 4.78 is 0. The van der Waals surface area contributed by atoms with Crippen molar-refractivity contribution in [1.29, 1.82) is 0 Å². The van der Waals surface area contributed by atoms with E-state index in [0.717, 1.165) is 42.5 Å². The summed E-state index contributed by atoms with van der Waals surface area (Å²) in [6.45, 7) is 3.70. The van der Waals surface area contributed by atoms with Crippen LogP contribution in [0.1, 0.15) is 60.2 Å². The molecule has 0 saturated carbocycles. The van der Waals surface area contributed by atoms with Gasteiger partial charge in [-0.1, -0.05) is 86.0 Å². The van der Waals surface area contributed by atoms with Crippen LogP contribution in [0.2, 0.25) is 5.02 Å². The summed E-state index contributed by atoms with van der Waals surface area (Å²) in [5.41, 5.74) is 3.53. The molecule has 6 heteroatoms. The lowest BCUT2D eigenvalue weighted by Crippen LogP contribution is -2.51. The largest absolute Gasteiger partial charge is 0.352 e. The topological polar surface area (TPSA) is 66.5 Å². The molecule has 3 aromatic carbocycles. The summed E-state index contributed by atoms with van der Waals surface area (Å²) in [5.74, 6) is -1.51. The molecule has 3 aromatic rings. The fraction of sp³-hybridized carbons (Fsp3) is 0.303. The van der Waals surface area contributed by atoms with Crippen molar-refractivity contribution in [3.63, 3.8) is 0 Å². The third-order valence-electron chi connectivity index (χ3n) is 8.60. The van der Waals surface area contributed by atoms with Gasteiger partial charge in [-0.05, 0) is 60.7 Å². The number of hydrogen-bond acceptors (Lipinski definition) is 4. The van der Waals surface area contributed by atoms with Crippen molar-refractivity contribution in [2.45, 2.75) is 57.0 Å². The van der Waals surface area contributed by atoms with Gasteiger partial charge in [0.1, 0.15) is 5.41 Å². The number of rotatable bonds is 7. The van der Waals surface area contributed by atoms with Gasteiger partial charge < -0.3 is 10.2 Å². The number of carbonyl (C=O) groups excluding carboxylic acids is 3. The monoisotopic (exact) mass is 538 g/mol. The maximum atomic E-state index is 14.6. The number of fused-ring (bicyclic) bond motifs is 6. The average molecular weight is 539 g/mol. The molecule has 3 aliphatic heterocycles. The molecule has 0 bridgehead atoms. The molecular formula is C33H31ClN2O3. The maximum Gasteiger partial charge on any atom is 0.238 e. The zero-order chi connectivity index (χ0) is 27.3. The van der Waals surface area contributed by atoms with Crippen LogP contribution in [0.15, 0.2) is 72.8 Å². The first-order valence-corrected chi connectivity index (χ1v) is 14.1. The quantitative estimate of drug-likeness (QED) is 0.271. The molecule has 1 fully saturated rings. The highest BCUT2D eigenvalue weighted by atomic mass is 35.5. The Bertz CT molecular complexity index is 1510. The van der Waals surface area contributed by atoms with Crippen LogP contribution in [-0.2, 0) is 21.4 Å². The number of para-hydroxylation sites is 1. The fourth-order valence-electron chi connectivity index (χ4n) is 6.90. The Morgan fingerprint density at radius 3 is 2.54 bits per heavy atom. The molecule has 0 aliphatic carbocycles. The van der Waals surface area contributed by atoms with Crippen LogP contribution >= 0.6 is 11.6 Å². The summed E-state index contributed by atoms with van der Waals surface area (Å²) in [5, 5.41) is 3.63. The minimum absolute atomic E-state index is 0.153. The van der Waals surface area contributed by atoms with Gasteiger partial charge in [0.05, 0.1) is 18.0 Å². The zero-order valence-electron chi connectivity index (χ0n) is 22.1. The van der Waals surface area contributed by atoms with Gasteiger partial charge in [-0.15, -0.1) is 0 Å². The highest BCUT2D eigenvalue weighted by Crippen LogP contribution is 2.57. The van der Waals surface area contributed by atoms with E-state index < -0.39 is 23.4 Å². The van der Waals surface area contributed by atoms with E-state index in [9.17, 15) is 14.4 Å². The van der Waals surface area contributed by atoms with Gasteiger partial charge in [0.15, 0.2) is 11.6 Å². The number of benzene rings is 3. The number of hydrogen-bond donors (Lipinski definition) is 1. The van der Waals surface area contributed by atoms with Crippen LogP contribution < -0.4 is 10.2 Å². The standard InChI is InChI=1S/C33H31ClN2O3/c1-3-4-5-8-21-11-13-22(14-12-21)31(38)29-30(20(2)37)36-27-17-16-24(34)19-23(27)15-18-28(36)33(29)25-9-6-7-10-26(25)35-32(33)39/h6-7,9-19,28-30H,3-5,8H2,1-2H3,(H,35,39)/t28?,29-,30-,33+/m1/s1. The number of ketones is 2. The van der Waals surface area contributed by atoms with Crippen LogP contribution in [0.25, 0.3) is 6.08 Å². The molecule has 5 nitrogen and oxygen atoms in total. The summed E-state index contributed by atoms with van der Waals surface area (Å²) in [7, 11) is 0. The molecule has 1 saturated heterocycles. The predicted molar refractivity (Wildman–Crippen MR) is 155 cm³/mol. The number of unbranched alkanes of at least 4 members (excludes halogenated alkanes) is 2. The van der Waals surface area contributed by atoms with Crippen molar-refractivity contribution in [2.24, 2.45) is 5.92 Å². The molecule has 3 heterocycles. The first-order valence-electron chi connectivity index (χ1n) is 13.7. The predicted octanol–water partition coefficient (Wildman–Crippen LogP) is 6.63. The number of amides is 1. The lowest BCUT2D eigenvalue weighted by molar-refractivity contribution is -0.122. The Morgan fingerprint density at radius 2 is 1.79 bits per heavy atom. The first-order chi connectivity index (χ1) is 18.9. The Labute approximate surface area is 233 Å². The van der Waals surface area contributed by atoms with Crippen LogP contribution in [0.4, 0.5) is 11.4 Å². The minimum atomic E-state index is -1.27. The third-order valence-corrected chi connectivity index (χ3v) is 8.84. The maximum absolute atomic E-state index is 14.6. The molecule has 4 atom stereocenters. The van der Waals surface area contributed by atoms with Crippen molar-refractivity contribution in [3.05, 3.63) is 100 Å². The van der Waals surface area contributed by atoms with E-state index >= 15 is 0 Å². The van der Waals surface area contributed by atoms with Crippen LogP contribution in [0.5, 0.6) is 0 Å². The minimum Gasteiger partial charge on any atom is -0.352 e. The van der Waals surface area contributed by atoms with Crippen molar-refractivity contribution in [3.8, 4) is 0 Å². The fourth-order valence-corrected chi connectivity index (χ4v) is 7.08. The Hall–Kier alpha value is -3.70. The molecule has 0 radical (unpaired) electrons. The van der Waals surface area contributed by atoms with E-state index in [0.29, 0.717) is 16.3 Å². The molecule has 1 spiro atoms. The zero-order valence-corrected chi connectivity index (χ0v) is 22.9.